The van der Waals surface area contributed by atoms with E-state index in [1.807, 2.05) is 26.0 Å². The highest BCUT2D eigenvalue weighted by atomic mass is 32.1. The van der Waals surface area contributed by atoms with Gasteiger partial charge in [0.15, 0.2) is 0 Å². The Morgan fingerprint density at radius 1 is 1.39 bits per heavy atom. The molecule has 0 radical (unpaired) electrons. The summed E-state index contributed by atoms with van der Waals surface area (Å²) >= 11 is 4.20. The predicted molar refractivity (Wildman–Crippen MR) is 74.0 cm³/mol. The summed E-state index contributed by atoms with van der Waals surface area (Å²) in [6, 6.07) is 4.79. The molecule has 1 aromatic rings. The molecule has 4 nitrogen and oxygen atoms in total. The number of rotatable bonds is 4. The second kappa shape index (κ2) is 6.44. The fourth-order valence-corrected chi connectivity index (χ4v) is 1.73. The van der Waals surface area contributed by atoms with Gasteiger partial charge in [-0.3, -0.25) is 9.59 Å². The molecule has 0 aliphatic rings. The SMILES string of the molecule is CCNC(=O)C(C)NC(=O)c1cc(S)ccc1C. The van der Waals surface area contributed by atoms with E-state index in [0.29, 0.717) is 12.1 Å². The molecule has 0 aliphatic heterocycles. The average Bonchev–Trinajstić information content (AvgIpc) is 2.32. The first kappa shape index (κ1) is 14.6. The van der Waals surface area contributed by atoms with Crippen LogP contribution in [0.15, 0.2) is 23.1 Å². The third-order valence-corrected chi connectivity index (χ3v) is 2.84. The number of thiol groups is 1. The van der Waals surface area contributed by atoms with E-state index in [-0.39, 0.29) is 11.8 Å². The Labute approximate surface area is 113 Å². The Bertz CT molecular complexity index is 460. The van der Waals surface area contributed by atoms with Crippen molar-refractivity contribution in [3.63, 3.8) is 0 Å². The molecule has 0 saturated heterocycles. The van der Waals surface area contributed by atoms with Crippen molar-refractivity contribution in [3.8, 4) is 0 Å². The molecule has 0 heterocycles. The van der Waals surface area contributed by atoms with E-state index in [0.717, 1.165) is 10.5 Å². The van der Waals surface area contributed by atoms with Gasteiger partial charge in [-0.25, -0.2) is 0 Å². The van der Waals surface area contributed by atoms with Crippen molar-refractivity contribution in [2.24, 2.45) is 0 Å². The molecule has 18 heavy (non-hydrogen) atoms. The number of benzene rings is 1. The smallest absolute Gasteiger partial charge is 0.252 e. The molecule has 2 N–H and O–H groups in total. The van der Waals surface area contributed by atoms with Crippen LogP contribution in [-0.4, -0.2) is 24.4 Å². The van der Waals surface area contributed by atoms with E-state index in [9.17, 15) is 9.59 Å². The van der Waals surface area contributed by atoms with Gasteiger partial charge >= 0.3 is 0 Å². The van der Waals surface area contributed by atoms with E-state index in [2.05, 4.69) is 23.3 Å². The zero-order valence-corrected chi connectivity index (χ0v) is 11.7. The highest BCUT2D eigenvalue weighted by Crippen LogP contribution is 2.14. The number of likely N-dealkylation sites (N-methyl/N-ethyl adjacent to an activating group) is 1. The van der Waals surface area contributed by atoms with Crippen molar-refractivity contribution in [1.82, 2.24) is 10.6 Å². The number of hydrogen-bond donors (Lipinski definition) is 3. The first-order valence-electron chi connectivity index (χ1n) is 5.84. The summed E-state index contributed by atoms with van der Waals surface area (Å²) < 4.78 is 0. The van der Waals surface area contributed by atoms with Crippen LogP contribution < -0.4 is 10.6 Å². The second-order valence-corrected chi connectivity index (χ2v) is 4.61. The van der Waals surface area contributed by atoms with Gasteiger partial charge in [-0.05, 0) is 38.5 Å². The van der Waals surface area contributed by atoms with Gasteiger partial charge in [-0.1, -0.05) is 6.07 Å². The minimum Gasteiger partial charge on any atom is -0.355 e. The predicted octanol–water partition coefficient (Wildman–Crippen LogP) is 1.54. The Hall–Kier alpha value is -1.49. The number of aryl methyl sites for hydroxylation is 1. The van der Waals surface area contributed by atoms with Gasteiger partial charge in [0.2, 0.25) is 5.91 Å². The molecular formula is C13H18N2O2S. The third-order valence-electron chi connectivity index (χ3n) is 2.56. The van der Waals surface area contributed by atoms with Crippen molar-refractivity contribution in [1.29, 1.82) is 0 Å². The van der Waals surface area contributed by atoms with Crippen molar-refractivity contribution in [3.05, 3.63) is 29.3 Å². The van der Waals surface area contributed by atoms with Crippen LogP contribution in [0.2, 0.25) is 0 Å². The van der Waals surface area contributed by atoms with Gasteiger partial charge in [0, 0.05) is 17.0 Å². The summed E-state index contributed by atoms with van der Waals surface area (Å²) in [5.41, 5.74) is 1.40. The highest BCUT2D eigenvalue weighted by Gasteiger charge is 2.17. The maximum absolute atomic E-state index is 12.0. The molecule has 1 aromatic carbocycles. The van der Waals surface area contributed by atoms with Crippen LogP contribution in [0.3, 0.4) is 0 Å². The molecular weight excluding hydrogens is 248 g/mol. The Kier molecular flexibility index (Phi) is 5.22. The quantitative estimate of drug-likeness (QED) is 0.724. The number of carbonyl (C=O) groups excluding carboxylic acids is 2. The van der Waals surface area contributed by atoms with Gasteiger partial charge in [-0.2, -0.15) is 0 Å². The molecule has 0 aromatic heterocycles. The lowest BCUT2D eigenvalue weighted by molar-refractivity contribution is -0.122. The second-order valence-electron chi connectivity index (χ2n) is 4.09. The van der Waals surface area contributed by atoms with Crippen LogP contribution in [0.4, 0.5) is 0 Å². The summed E-state index contributed by atoms with van der Waals surface area (Å²) in [4.78, 5) is 24.3. The summed E-state index contributed by atoms with van der Waals surface area (Å²) in [6.07, 6.45) is 0. The molecule has 0 saturated carbocycles. The molecule has 1 unspecified atom stereocenters. The van der Waals surface area contributed by atoms with Crippen molar-refractivity contribution in [2.45, 2.75) is 31.7 Å². The van der Waals surface area contributed by atoms with Gasteiger partial charge in [0.05, 0.1) is 0 Å². The number of carbonyl (C=O) groups is 2. The Balaban J connectivity index is 2.76. The number of amides is 2. The van der Waals surface area contributed by atoms with Crippen molar-refractivity contribution < 1.29 is 9.59 Å². The van der Waals surface area contributed by atoms with Crippen LogP contribution in [0.5, 0.6) is 0 Å². The molecule has 5 heteroatoms. The molecule has 0 aliphatic carbocycles. The molecule has 0 bridgehead atoms. The molecule has 2 amide bonds. The van der Waals surface area contributed by atoms with Gasteiger partial charge in [0.25, 0.3) is 5.91 Å². The lowest BCUT2D eigenvalue weighted by atomic mass is 10.1. The number of hydrogen-bond acceptors (Lipinski definition) is 3. The minimum absolute atomic E-state index is 0.189. The summed E-state index contributed by atoms with van der Waals surface area (Å²) in [5, 5.41) is 5.32. The van der Waals surface area contributed by atoms with E-state index in [4.69, 9.17) is 0 Å². The van der Waals surface area contributed by atoms with Crippen LogP contribution in [0.25, 0.3) is 0 Å². The first-order chi connectivity index (χ1) is 8.45. The van der Waals surface area contributed by atoms with Crippen molar-refractivity contribution >= 4 is 24.4 Å². The maximum Gasteiger partial charge on any atom is 0.252 e. The molecule has 1 rings (SSSR count). The van der Waals surface area contributed by atoms with E-state index in [1.54, 1.807) is 13.0 Å². The summed E-state index contributed by atoms with van der Waals surface area (Å²) in [6.45, 7) is 5.88. The molecule has 0 spiro atoms. The van der Waals surface area contributed by atoms with Crippen molar-refractivity contribution in [2.75, 3.05) is 6.54 Å². The fourth-order valence-electron chi connectivity index (χ4n) is 1.52. The van der Waals surface area contributed by atoms with Crippen LogP contribution in [-0.2, 0) is 4.79 Å². The first-order valence-corrected chi connectivity index (χ1v) is 6.28. The average molecular weight is 266 g/mol. The molecule has 0 fully saturated rings. The zero-order valence-electron chi connectivity index (χ0n) is 10.8. The number of nitrogens with one attached hydrogen (secondary N) is 2. The van der Waals surface area contributed by atoms with Crippen LogP contribution in [0.1, 0.15) is 29.8 Å². The van der Waals surface area contributed by atoms with Gasteiger partial charge < -0.3 is 10.6 Å². The third kappa shape index (κ3) is 3.77. The van der Waals surface area contributed by atoms with Crippen LogP contribution >= 0.6 is 12.6 Å². The monoisotopic (exact) mass is 266 g/mol. The fraction of sp³-hybridized carbons (Fsp3) is 0.385. The summed E-state index contributed by atoms with van der Waals surface area (Å²) in [5.74, 6) is -0.451. The van der Waals surface area contributed by atoms with Crippen LogP contribution in [0, 0.1) is 6.92 Å². The molecule has 98 valence electrons. The van der Waals surface area contributed by atoms with E-state index in [1.165, 1.54) is 0 Å². The largest absolute Gasteiger partial charge is 0.355 e. The molecule has 1 atom stereocenters. The Morgan fingerprint density at radius 3 is 2.67 bits per heavy atom. The lowest BCUT2D eigenvalue weighted by Crippen LogP contribution is -2.44. The lowest BCUT2D eigenvalue weighted by Gasteiger charge is -2.14. The van der Waals surface area contributed by atoms with E-state index < -0.39 is 6.04 Å². The Morgan fingerprint density at radius 2 is 2.06 bits per heavy atom. The maximum atomic E-state index is 12.0. The normalized spacial score (nSPS) is 11.8. The zero-order chi connectivity index (χ0) is 13.7. The minimum atomic E-state index is -0.555. The van der Waals surface area contributed by atoms with Gasteiger partial charge in [-0.15, -0.1) is 12.6 Å². The van der Waals surface area contributed by atoms with Gasteiger partial charge in [0.1, 0.15) is 6.04 Å². The summed E-state index contributed by atoms with van der Waals surface area (Å²) in [7, 11) is 0. The topological polar surface area (TPSA) is 58.2 Å². The highest BCUT2D eigenvalue weighted by molar-refractivity contribution is 7.80. The standard InChI is InChI=1S/C13H18N2O2S/c1-4-14-12(16)9(3)15-13(17)11-7-10(18)6-5-8(11)2/h5-7,9,18H,4H2,1-3H3,(H,14,16)(H,15,17). The van der Waals surface area contributed by atoms with E-state index >= 15 is 0 Å².